The number of nitrogens with one attached hydrogen (secondary N) is 1. The second-order valence-electron chi connectivity index (χ2n) is 6.83. The van der Waals surface area contributed by atoms with Crippen molar-refractivity contribution in [1.82, 2.24) is 10.2 Å². The molecule has 1 atom stereocenters. The molecule has 1 fully saturated rings. The molecule has 1 amide bonds. The van der Waals surface area contributed by atoms with Crippen molar-refractivity contribution in [2.45, 2.75) is 25.3 Å². The van der Waals surface area contributed by atoms with E-state index < -0.39 is 0 Å². The molecular weight excluding hydrogens is 340 g/mol. The van der Waals surface area contributed by atoms with Gasteiger partial charge in [-0.25, -0.2) is 0 Å². The monoisotopic (exact) mass is 368 g/mol. The van der Waals surface area contributed by atoms with Crippen LogP contribution in [0.2, 0.25) is 0 Å². The van der Waals surface area contributed by atoms with Crippen LogP contribution in [-0.2, 0) is 11.2 Å². The van der Waals surface area contributed by atoms with Crippen LogP contribution in [0.4, 0.5) is 0 Å². The van der Waals surface area contributed by atoms with Crippen molar-refractivity contribution in [3.05, 3.63) is 59.7 Å². The van der Waals surface area contributed by atoms with Gasteiger partial charge in [-0.05, 0) is 49.7 Å². The van der Waals surface area contributed by atoms with Gasteiger partial charge >= 0.3 is 0 Å². The van der Waals surface area contributed by atoms with Crippen LogP contribution in [0.3, 0.4) is 0 Å². The number of likely N-dealkylation sites (tertiary alicyclic amines) is 1. The van der Waals surface area contributed by atoms with Crippen LogP contribution in [0.5, 0.6) is 11.5 Å². The summed E-state index contributed by atoms with van der Waals surface area (Å²) in [7, 11) is 3.23. The van der Waals surface area contributed by atoms with Gasteiger partial charge < -0.3 is 14.8 Å². The summed E-state index contributed by atoms with van der Waals surface area (Å²) in [5.74, 6) is 1.41. The molecule has 1 saturated heterocycles. The van der Waals surface area contributed by atoms with Gasteiger partial charge in [0, 0.05) is 12.1 Å². The molecule has 0 spiro atoms. The maximum absolute atomic E-state index is 12.6. The van der Waals surface area contributed by atoms with Gasteiger partial charge in [-0.15, -0.1) is 0 Å². The van der Waals surface area contributed by atoms with E-state index in [2.05, 4.69) is 34.5 Å². The molecule has 5 heteroatoms. The van der Waals surface area contributed by atoms with Gasteiger partial charge in [-0.1, -0.05) is 30.3 Å². The van der Waals surface area contributed by atoms with E-state index in [4.69, 9.17) is 9.47 Å². The first-order valence-corrected chi connectivity index (χ1v) is 9.48. The van der Waals surface area contributed by atoms with E-state index in [0.717, 1.165) is 24.4 Å². The minimum Gasteiger partial charge on any atom is -0.497 e. The second-order valence-corrected chi connectivity index (χ2v) is 6.83. The van der Waals surface area contributed by atoms with Crippen molar-refractivity contribution in [1.29, 1.82) is 0 Å². The van der Waals surface area contributed by atoms with Crippen molar-refractivity contribution in [2.75, 3.05) is 33.9 Å². The van der Waals surface area contributed by atoms with Gasteiger partial charge in [-0.3, -0.25) is 9.69 Å². The molecule has 1 aliphatic rings. The van der Waals surface area contributed by atoms with E-state index in [9.17, 15) is 4.79 Å². The lowest BCUT2D eigenvalue weighted by Crippen LogP contribution is -2.37. The van der Waals surface area contributed by atoms with E-state index >= 15 is 0 Å². The molecule has 0 bridgehead atoms. The molecule has 2 aromatic rings. The summed E-state index contributed by atoms with van der Waals surface area (Å²) >= 11 is 0. The van der Waals surface area contributed by atoms with Gasteiger partial charge in [0.15, 0.2) is 0 Å². The van der Waals surface area contributed by atoms with E-state index in [0.29, 0.717) is 12.3 Å². The lowest BCUT2D eigenvalue weighted by molar-refractivity contribution is -0.120. The largest absolute Gasteiger partial charge is 0.497 e. The lowest BCUT2D eigenvalue weighted by Gasteiger charge is -2.28. The van der Waals surface area contributed by atoms with Crippen molar-refractivity contribution in [3.63, 3.8) is 0 Å². The summed E-state index contributed by atoms with van der Waals surface area (Å²) in [6, 6.07) is 16.1. The Hall–Kier alpha value is -2.53. The number of hydrogen-bond acceptors (Lipinski definition) is 4. The first-order chi connectivity index (χ1) is 13.2. The lowest BCUT2D eigenvalue weighted by atomic mass is 10.1. The zero-order valence-corrected chi connectivity index (χ0v) is 16.1. The van der Waals surface area contributed by atoms with Crippen molar-refractivity contribution >= 4 is 5.91 Å². The van der Waals surface area contributed by atoms with E-state index in [1.165, 1.54) is 18.4 Å². The number of ether oxygens (including phenoxy) is 2. The average Bonchev–Trinajstić information content (AvgIpc) is 3.23. The van der Waals surface area contributed by atoms with Crippen LogP contribution in [0, 0.1) is 0 Å². The molecule has 1 heterocycles. The molecular formula is C22H28N2O3. The van der Waals surface area contributed by atoms with Crippen LogP contribution < -0.4 is 14.8 Å². The van der Waals surface area contributed by atoms with Crippen LogP contribution in [0.15, 0.2) is 48.5 Å². The summed E-state index contributed by atoms with van der Waals surface area (Å²) < 4.78 is 10.6. The highest BCUT2D eigenvalue weighted by molar-refractivity contribution is 5.79. The topological polar surface area (TPSA) is 50.8 Å². The van der Waals surface area contributed by atoms with Crippen LogP contribution in [-0.4, -0.2) is 44.7 Å². The van der Waals surface area contributed by atoms with E-state index in [-0.39, 0.29) is 18.4 Å². The van der Waals surface area contributed by atoms with Crippen molar-refractivity contribution < 1.29 is 14.3 Å². The Morgan fingerprint density at radius 2 is 1.81 bits per heavy atom. The van der Waals surface area contributed by atoms with Gasteiger partial charge in [0.05, 0.1) is 26.7 Å². The second kappa shape index (κ2) is 9.42. The molecule has 0 aromatic heterocycles. The third-order valence-corrected chi connectivity index (χ3v) is 5.10. The molecule has 0 aliphatic carbocycles. The fraction of sp³-hybridized carbons (Fsp3) is 0.409. The van der Waals surface area contributed by atoms with Gasteiger partial charge in [0.25, 0.3) is 0 Å². The highest BCUT2D eigenvalue weighted by Crippen LogP contribution is 2.26. The zero-order chi connectivity index (χ0) is 19.1. The summed E-state index contributed by atoms with van der Waals surface area (Å²) in [6.45, 7) is 2.77. The molecule has 144 valence electrons. The maximum Gasteiger partial charge on any atom is 0.224 e. The molecule has 0 radical (unpaired) electrons. The highest BCUT2D eigenvalue weighted by atomic mass is 16.5. The number of hydrogen-bond donors (Lipinski definition) is 1. The zero-order valence-electron chi connectivity index (χ0n) is 16.1. The Balaban J connectivity index is 1.66. The Morgan fingerprint density at radius 1 is 1.07 bits per heavy atom. The van der Waals surface area contributed by atoms with E-state index in [1.54, 1.807) is 14.2 Å². The average molecular weight is 368 g/mol. The number of carbonyl (C=O) groups excluding carboxylic acids is 1. The predicted octanol–water partition coefficient (Wildman–Crippen LogP) is 3.20. The summed E-state index contributed by atoms with van der Waals surface area (Å²) in [5.41, 5.74) is 2.07. The van der Waals surface area contributed by atoms with E-state index in [1.807, 2.05) is 24.3 Å². The molecule has 5 nitrogen and oxygen atoms in total. The predicted molar refractivity (Wildman–Crippen MR) is 106 cm³/mol. The Kier molecular flexibility index (Phi) is 6.71. The Bertz CT molecular complexity index is 742. The number of carbonyl (C=O) groups is 1. The smallest absolute Gasteiger partial charge is 0.224 e. The molecule has 27 heavy (non-hydrogen) atoms. The summed E-state index contributed by atoms with van der Waals surface area (Å²) in [4.78, 5) is 15.1. The normalized spacial score (nSPS) is 15.3. The number of nitrogens with zero attached hydrogens (tertiary/aromatic N) is 1. The fourth-order valence-corrected chi connectivity index (χ4v) is 3.65. The number of methoxy groups -OCH3 is 2. The quantitative estimate of drug-likeness (QED) is 0.777. The molecule has 2 aromatic carbocycles. The van der Waals surface area contributed by atoms with Crippen LogP contribution in [0.1, 0.15) is 30.0 Å². The van der Waals surface area contributed by atoms with Crippen LogP contribution in [0.25, 0.3) is 0 Å². The van der Waals surface area contributed by atoms with Gasteiger partial charge in [-0.2, -0.15) is 0 Å². The van der Waals surface area contributed by atoms with Crippen LogP contribution >= 0.6 is 0 Å². The van der Waals surface area contributed by atoms with Gasteiger partial charge in [0.1, 0.15) is 11.5 Å². The third kappa shape index (κ3) is 5.01. The van der Waals surface area contributed by atoms with Crippen molar-refractivity contribution in [3.8, 4) is 11.5 Å². The van der Waals surface area contributed by atoms with Gasteiger partial charge in [0.2, 0.25) is 5.91 Å². The molecule has 1 aliphatic heterocycles. The summed E-state index contributed by atoms with van der Waals surface area (Å²) in [6.07, 6.45) is 2.71. The highest BCUT2D eigenvalue weighted by Gasteiger charge is 2.24. The first kappa shape index (κ1) is 19.2. The SMILES string of the molecule is COc1ccc(OC)c(CC(=O)NCC(c2ccccc2)N2CCCC2)c1. The first-order valence-electron chi connectivity index (χ1n) is 9.48. The minimum absolute atomic E-state index is 0.0123. The number of benzene rings is 2. The molecule has 1 N–H and O–H groups in total. The minimum atomic E-state index is -0.0123. The maximum atomic E-state index is 12.6. The summed E-state index contributed by atoms with van der Waals surface area (Å²) in [5, 5.41) is 3.12. The number of amides is 1. The Morgan fingerprint density at radius 3 is 2.48 bits per heavy atom. The molecule has 1 unspecified atom stereocenters. The Labute approximate surface area is 161 Å². The van der Waals surface area contributed by atoms with Crippen molar-refractivity contribution in [2.24, 2.45) is 0 Å². The standard InChI is InChI=1S/C22H28N2O3/c1-26-19-10-11-21(27-2)18(14-19)15-22(25)23-16-20(24-12-6-7-13-24)17-8-4-3-5-9-17/h3-5,8-11,14,20H,6-7,12-13,15-16H2,1-2H3,(H,23,25). The molecule has 0 saturated carbocycles. The fourth-order valence-electron chi connectivity index (χ4n) is 3.65. The molecule has 3 rings (SSSR count). The number of rotatable bonds is 8. The third-order valence-electron chi connectivity index (χ3n) is 5.10.